The minimum absolute atomic E-state index is 0.0938. The van der Waals surface area contributed by atoms with Gasteiger partial charge in [0.15, 0.2) is 16.3 Å². The highest BCUT2D eigenvalue weighted by Crippen LogP contribution is 2.28. The number of carbonyl (C=O) groups excluding carboxylic acids is 2. The van der Waals surface area contributed by atoms with Gasteiger partial charge >= 0.3 is 0 Å². The van der Waals surface area contributed by atoms with E-state index in [1.807, 2.05) is 12.1 Å². The maximum absolute atomic E-state index is 12.4. The average molecular weight is 353 g/mol. The Morgan fingerprint density at radius 2 is 1.75 bits per heavy atom. The molecule has 0 saturated heterocycles. The van der Waals surface area contributed by atoms with Crippen molar-refractivity contribution in [2.24, 2.45) is 0 Å². The number of carbonyl (C=O) groups is 2. The molecule has 0 fully saturated rings. The highest BCUT2D eigenvalue weighted by atomic mass is 32.2. The lowest BCUT2D eigenvalue weighted by atomic mass is 10.1. The van der Waals surface area contributed by atoms with E-state index in [1.54, 1.807) is 30.3 Å². The largest absolute Gasteiger partial charge is 0.488 e. The summed E-state index contributed by atoms with van der Waals surface area (Å²) in [5, 5.41) is 0. The molecule has 2 atom stereocenters. The molecule has 118 valence electrons. The highest BCUT2D eigenvalue weighted by molar-refractivity contribution is 7.85. The Hall–Kier alpha value is -1.94. The van der Waals surface area contributed by atoms with Crippen LogP contribution in [0.1, 0.15) is 20.7 Å². The SMILES string of the molecule is O=C1c2ccccc2C(=O)N1CC1CS(=O)c2ccc[c]([Al])c2O1. The predicted molar refractivity (Wildman–Crippen MR) is 89.3 cm³/mol. The molecule has 2 heterocycles. The van der Waals surface area contributed by atoms with Gasteiger partial charge in [0.2, 0.25) is 0 Å². The van der Waals surface area contributed by atoms with Crippen LogP contribution in [0.5, 0.6) is 5.75 Å². The van der Waals surface area contributed by atoms with Crippen molar-refractivity contribution in [3.63, 3.8) is 0 Å². The van der Waals surface area contributed by atoms with E-state index < -0.39 is 16.9 Å². The van der Waals surface area contributed by atoms with Crippen molar-refractivity contribution >= 4 is 43.3 Å². The summed E-state index contributed by atoms with van der Waals surface area (Å²) in [6, 6.07) is 12.2. The highest BCUT2D eigenvalue weighted by Gasteiger charge is 2.38. The van der Waals surface area contributed by atoms with E-state index in [0.29, 0.717) is 21.8 Å². The quantitative estimate of drug-likeness (QED) is 0.587. The standard InChI is InChI=1S/C17H12NO4S.Al/c19-16-12-5-1-2-6-13(12)17(20)18(16)9-11-10-23(21)15-8-4-3-7-14(15)22-11;/h1-6,8,11H,9-10H2;. The van der Waals surface area contributed by atoms with Gasteiger partial charge in [-0.25, -0.2) is 0 Å². The van der Waals surface area contributed by atoms with Gasteiger partial charge in [-0.05, 0) is 18.2 Å². The van der Waals surface area contributed by atoms with Crippen molar-refractivity contribution in [3.8, 4) is 5.75 Å². The molecule has 2 aromatic rings. The number of benzene rings is 2. The van der Waals surface area contributed by atoms with E-state index in [9.17, 15) is 13.8 Å². The molecule has 2 aliphatic rings. The summed E-state index contributed by atoms with van der Waals surface area (Å²) in [5.74, 6) is 0.174. The van der Waals surface area contributed by atoms with Gasteiger partial charge in [0, 0.05) is 0 Å². The maximum atomic E-state index is 12.4. The zero-order chi connectivity index (χ0) is 16.8. The van der Waals surface area contributed by atoms with Crippen molar-refractivity contribution < 1.29 is 18.5 Å². The van der Waals surface area contributed by atoms with Crippen LogP contribution < -0.4 is 9.16 Å². The van der Waals surface area contributed by atoms with E-state index in [0.717, 1.165) is 4.43 Å². The Morgan fingerprint density at radius 1 is 1.08 bits per heavy atom. The Labute approximate surface area is 149 Å². The molecule has 4 rings (SSSR count). The van der Waals surface area contributed by atoms with E-state index in [1.165, 1.54) is 4.90 Å². The smallest absolute Gasteiger partial charge is 0.261 e. The third-order valence-corrected chi connectivity index (χ3v) is 6.08. The minimum atomic E-state index is -1.22. The fourth-order valence-electron chi connectivity index (χ4n) is 3.00. The predicted octanol–water partition coefficient (Wildman–Crippen LogP) is 0.645. The summed E-state index contributed by atoms with van der Waals surface area (Å²) < 4.78 is 19.2. The lowest BCUT2D eigenvalue weighted by molar-refractivity contribution is 0.0583. The summed E-state index contributed by atoms with van der Waals surface area (Å²) in [6.45, 7) is 0.0938. The van der Waals surface area contributed by atoms with Crippen LogP contribution in [0.15, 0.2) is 47.4 Å². The first-order chi connectivity index (χ1) is 11.6. The van der Waals surface area contributed by atoms with E-state index >= 15 is 0 Å². The molecule has 2 aromatic carbocycles. The zero-order valence-electron chi connectivity index (χ0n) is 12.6. The normalized spacial score (nSPS) is 22.1. The third kappa shape index (κ3) is 2.40. The molecule has 0 aromatic heterocycles. The second kappa shape index (κ2) is 5.85. The van der Waals surface area contributed by atoms with Crippen LogP contribution in [-0.2, 0) is 10.8 Å². The molecule has 0 bridgehead atoms. The van der Waals surface area contributed by atoms with E-state index in [-0.39, 0.29) is 24.1 Å². The molecular formula is C17H12AlNO4S. The Morgan fingerprint density at radius 3 is 2.42 bits per heavy atom. The summed E-state index contributed by atoms with van der Waals surface area (Å²) in [4.78, 5) is 26.7. The molecule has 2 unspecified atom stereocenters. The first-order valence-corrected chi connectivity index (χ1v) is 9.34. The summed E-state index contributed by atoms with van der Waals surface area (Å²) >= 11 is 2.56. The van der Waals surface area contributed by atoms with Crippen molar-refractivity contribution in [1.82, 2.24) is 4.90 Å². The molecule has 5 nitrogen and oxygen atoms in total. The molecule has 0 aliphatic carbocycles. The number of para-hydroxylation sites is 1. The fraction of sp³-hybridized carbons (Fsp3) is 0.176. The zero-order valence-corrected chi connectivity index (χ0v) is 14.6. The van der Waals surface area contributed by atoms with Crippen LogP contribution >= 0.6 is 0 Å². The van der Waals surface area contributed by atoms with Crippen molar-refractivity contribution in [2.75, 3.05) is 12.3 Å². The maximum Gasteiger partial charge on any atom is 0.261 e. The van der Waals surface area contributed by atoms with Crippen LogP contribution in [0.3, 0.4) is 0 Å². The van der Waals surface area contributed by atoms with Gasteiger partial charge in [-0.1, -0.05) is 28.7 Å². The van der Waals surface area contributed by atoms with Crippen LogP contribution in [0.2, 0.25) is 0 Å². The first kappa shape index (κ1) is 15.6. The second-order valence-electron chi connectivity index (χ2n) is 5.69. The van der Waals surface area contributed by atoms with E-state index in [4.69, 9.17) is 4.74 Å². The summed E-state index contributed by atoms with van der Waals surface area (Å²) in [5.41, 5.74) is 0.818. The number of fused-ring (bicyclic) bond motifs is 2. The lowest BCUT2D eigenvalue weighted by Crippen LogP contribution is -2.44. The topological polar surface area (TPSA) is 63.7 Å². The third-order valence-electron chi connectivity index (χ3n) is 4.14. The number of amides is 2. The number of rotatable bonds is 2. The molecule has 24 heavy (non-hydrogen) atoms. The van der Waals surface area contributed by atoms with Gasteiger partial charge in [-0.3, -0.25) is 18.7 Å². The number of hydrogen-bond donors (Lipinski definition) is 0. The van der Waals surface area contributed by atoms with Gasteiger partial charge in [0.05, 0.1) is 39.1 Å². The number of hydrogen-bond acceptors (Lipinski definition) is 4. The molecule has 0 N–H and O–H groups in total. The molecule has 2 aliphatic heterocycles. The van der Waals surface area contributed by atoms with Gasteiger partial charge in [0.25, 0.3) is 11.8 Å². The van der Waals surface area contributed by atoms with Gasteiger partial charge < -0.3 is 4.74 Å². The van der Waals surface area contributed by atoms with Crippen molar-refractivity contribution in [2.45, 2.75) is 11.0 Å². The second-order valence-corrected chi connectivity index (χ2v) is 7.78. The average Bonchev–Trinajstić information content (AvgIpc) is 2.82. The summed E-state index contributed by atoms with van der Waals surface area (Å²) in [6.07, 6.45) is -0.484. The molecule has 2 radical (unpaired) electrons. The number of imide groups is 1. The molecule has 0 saturated carbocycles. The van der Waals surface area contributed by atoms with Crippen LogP contribution in [0, 0.1) is 0 Å². The van der Waals surface area contributed by atoms with Crippen molar-refractivity contribution in [3.05, 3.63) is 53.6 Å². The first-order valence-electron chi connectivity index (χ1n) is 7.45. The Balaban J connectivity index is 1.60. The van der Waals surface area contributed by atoms with Crippen LogP contribution in [0.25, 0.3) is 0 Å². The monoisotopic (exact) mass is 353 g/mol. The minimum Gasteiger partial charge on any atom is -0.488 e. The Bertz CT molecular complexity index is 863. The van der Waals surface area contributed by atoms with Gasteiger partial charge in [-0.15, -0.1) is 0 Å². The molecule has 7 heteroatoms. The van der Waals surface area contributed by atoms with Gasteiger partial charge in [0.1, 0.15) is 11.9 Å². The van der Waals surface area contributed by atoms with Crippen LogP contribution in [-0.4, -0.2) is 55.6 Å². The van der Waals surface area contributed by atoms with Gasteiger partial charge in [-0.2, -0.15) is 0 Å². The molecular weight excluding hydrogens is 341 g/mol. The summed E-state index contributed by atoms with van der Waals surface area (Å²) in [7, 11) is -1.22. The fourth-order valence-corrected chi connectivity index (χ4v) is 4.73. The number of ether oxygens (including phenoxy) is 1. The molecule has 0 spiro atoms. The van der Waals surface area contributed by atoms with Crippen molar-refractivity contribution in [1.29, 1.82) is 0 Å². The lowest BCUT2D eigenvalue weighted by Gasteiger charge is -2.29. The molecule has 2 amide bonds. The van der Waals surface area contributed by atoms with Crippen LogP contribution in [0.4, 0.5) is 0 Å². The number of nitrogens with zero attached hydrogens (tertiary/aromatic N) is 1. The Kier molecular flexibility index (Phi) is 3.80. The van der Waals surface area contributed by atoms with E-state index in [2.05, 4.69) is 16.3 Å².